The number of hydrogen-bond donors (Lipinski definition) is 2. The first-order valence-corrected chi connectivity index (χ1v) is 10.6. The molecule has 4 rings (SSSR count). The fourth-order valence-corrected chi connectivity index (χ4v) is 4.43. The molecule has 2 aromatic heterocycles. The lowest BCUT2D eigenvalue weighted by atomic mass is 9.93. The van der Waals surface area contributed by atoms with Crippen LogP contribution in [0.3, 0.4) is 0 Å². The molecule has 0 spiro atoms. The van der Waals surface area contributed by atoms with E-state index < -0.39 is 23.2 Å². The summed E-state index contributed by atoms with van der Waals surface area (Å²) in [4.78, 5) is 24.2. The summed E-state index contributed by atoms with van der Waals surface area (Å²) in [6.45, 7) is 3.19. The van der Waals surface area contributed by atoms with Gasteiger partial charge < -0.3 is 19.5 Å². The van der Waals surface area contributed by atoms with Crippen LogP contribution in [-0.4, -0.2) is 20.7 Å². The van der Waals surface area contributed by atoms with Gasteiger partial charge in [0.25, 0.3) is 5.56 Å². The van der Waals surface area contributed by atoms with Gasteiger partial charge in [-0.2, -0.15) is 0 Å². The summed E-state index contributed by atoms with van der Waals surface area (Å²) in [5.41, 5.74) is -0.222. The molecule has 0 aliphatic heterocycles. The summed E-state index contributed by atoms with van der Waals surface area (Å²) in [5.74, 6) is -2.86. The molecular formula is C24H19F2NO5S. The van der Waals surface area contributed by atoms with E-state index >= 15 is 0 Å². The van der Waals surface area contributed by atoms with Crippen LogP contribution in [0.2, 0.25) is 0 Å². The minimum absolute atomic E-state index is 0.0137. The Morgan fingerprint density at radius 1 is 1.06 bits per heavy atom. The Kier molecular flexibility index (Phi) is 5.55. The number of halogens is 2. The van der Waals surface area contributed by atoms with Crippen molar-refractivity contribution in [2.45, 2.75) is 19.4 Å². The van der Waals surface area contributed by atoms with E-state index in [4.69, 9.17) is 4.74 Å². The Balaban J connectivity index is 2.01. The molecule has 0 aliphatic rings. The summed E-state index contributed by atoms with van der Waals surface area (Å²) in [6, 6.07) is 9.09. The number of nitrogens with zero attached hydrogens (tertiary/aromatic N) is 1. The van der Waals surface area contributed by atoms with E-state index in [1.54, 1.807) is 26.0 Å². The molecule has 9 heteroatoms. The first kappa shape index (κ1) is 22.6. The van der Waals surface area contributed by atoms with Gasteiger partial charge in [0.1, 0.15) is 21.1 Å². The monoisotopic (exact) mass is 471 g/mol. The second-order valence-electron chi connectivity index (χ2n) is 8.06. The van der Waals surface area contributed by atoms with Gasteiger partial charge in [-0.15, -0.1) is 11.3 Å². The molecule has 6 nitrogen and oxygen atoms in total. The zero-order valence-corrected chi connectivity index (χ0v) is 18.7. The van der Waals surface area contributed by atoms with Crippen LogP contribution in [0.5, 0.6) is 11.5 Å². The lowest BCUT2D eigenvalue weighted by Crippen LogP contribution is -2.16. The second-order valence-corrected chi connectivity index (χ2v) is 9.12. The van der Waals surface area contributed by atoms with Gasteiger partial charge in [0, 0.05) is 35.8 Å². The van der Waals surface area contributed by atoms with Crippen LogP contribution >= 0.6 is 11.3 Å². The summed E-state index contributed by atoms with van der Waals surface area (Å²) in [5, 5.41) is 20.4. The summed E-state index contributed by atoms with van der Waals surface area (Å²) >= 11 is 0.854. The van der Waals surface area contributed by atoms with Crippen LogP contribution in [0.15, 0.2) is 53.5 Å². The van der Waals surface area contributed by atoms with Gasteiger partial charge in [-0.3, -0.25) is 4.79 Å². The number of aromatic carboxylic acids is 1. The largest absolute Gasteiger partial charge is 0.477 e. The average molecular weight is 471 g/mol. The third kappa shape index (κ3) is 4.24. The summed E-state index contributed by atoms with van der Waals surface area (Å²) in [6.07, 6.45) is 1.53. The van der Waals surface area contributed by atoms with Crippen molar-refractivity contribution in [1.29, 1.82) is 0 Å². The number of ether oxygens (including phenoxy) is 1. The van der Waals surface area contributed by atoms with Crippen LogP contribution in [-0.2, 0) is 12.6 Å². The predicted octanol–water partition coefficient (Wildman–Crippen LogP) is 5.26. The first-order chi connectivity index (χ1) is 15.5. The maximum absolute atomic E-state index is 14.3. The Bertz CT molecular complexity index is 1470. The van der Waals surface area contributed by atoms with Crippen molar-refractivity contribution in [3.8, 4) is 22.6 Å². The molecule has 0 aliphatic carbocycles. The van der Waals surface area contributed by atoms with Crippen molar-refractivity contribution in [3.63, 3.8) is 0 Å². The number of thiophene rings is 1. The van der Waals surface area contributed by atoms with E-state index in [0.29, 0.717) is 28.1 Å². The van der Waals surface area contributed by atoms with Gasteiger partial charge in [-0.25, -0.2) is 13.6 Å². The number of pyridine rings is 1. The summed E-state index contributed by atoms with van der Waals surface area (Å²) in [7, 11) is 1.53. The molecule has 0 amide bonds. The number of carbonyl (C=O) groups is 1. The Morgan fingerprint density at radius 3 is 2.39 bits per heavy atom. The molecule has 0 saturated heterocycles. The molecular weight excluding hydrogens is 452 g/mol. The maximum atomic E-state index is 14.3. The molecule has 170 valence electrons. The minimum atomic E-state index is -1.23. The van der Waals surface area contributed by atoms with Gasteiger partial charge in [0.15, 0.2) is 11.6 Å². The van der Waals surface area contributed by atoms with Gasteiger partial charge >= 0.3 is 5.97 Å². The van der Waals surface area contributed by atoms with Crippen molar-refractivity contribution >= 4 is 27.4 Å². The van der Waals surface area contributed by atoms with E-state index in [1.807, 2.05) is 0 Å². The van der Waals surface area contributed by atoms with Crippen LogP contribution in [0.1, 0.15) is 29.1 Å². The fourth-order valence-electron chi connectivity index (χ4n) is 3.44. The minimum Gasteiger partial charge on any atom is -0.477 e. The van der Waals surface area contributed by atoms with Gasteiger partial charge in [-0.05, 0) is 49.7 Å². The van der Waals surface area contributed by atoms with E-state index in [2.05, 4.69) is 0 Å². The molecule has 0 atom stereocenters. The number of carboxylic acid groups (broad SMARTS) is 1. The lowest BCUT2D eigenvalue weighted by molar-refractivity contribution is 0.0701. The van der Waals surface area contributed by atoms with Crippen molar-refractivity contribution in [3.05, 3.63) is 81.1 Å². The standard InChI is InChI=1S/C24H19F2NO5S/c1-24(2,31)12-4-6-18(32-19-7-5-13(25)9-17(19)26)14(8-12)16-11-27(3)22(28)21-15(16)10-20(33-21)23(29)30/h4-11,31H,1-3H3,(H,29,30). The molecule has 2 aromatic carbocycles. The maximum Gasteiger partial charge on any atom is 0.345 e. The number of hydrogen-bond acceptors (Lipinski definition) is 5. The second kappa shape index (κ2) is 8.09. The quantitative estimate of drug-likeness (QED) is 0.414. The number of carboxylic acids is 1. The zero-order chi connectivity index (χ0) is 24.1. The molecule has 0 saturated carbocycles. The predicted molar refractivity (Wildman–Crippen MR) is 121 cm³/mol. The van der Waals surface area contributed by atoms with E-state index in [9.17, 15) is 28.6 Å². The molecule has 2 N–H and O–H groups in total. The Hall–Kier alpha value is -3.56. The summed E-state index contributed by atoms with van der Waals surface area (Å²) < 4.78 is 34.9. The molecule has 2 heterocycles. The van der Waals surface area contributed by atoms with E-state index in [-0.39, 0.29) is 26.6 Å². The molecule has 4 aromatic rings. The highest BCUT2D eigenvalue weighted by atomic mass is 32.1. The van der Waals surface area contributed by atoms with Gasteiger partial charge in [0.2, 0.25) is 0 Å². The smallest absolute Gasteiger partial charge is 0.345 e. The number of aliphatic hydroxyl groups is 1. The molecule has 0 unspecified atom stereocenters. The zero-order valence-electron chi connectivity index (χ0n) is 17.8. The highest BCUT2D eigenvalue weighted by molar-refractivity contribution is 7.20. The van der Waals surface area contributed by atoms with Crippen LogP contribution in [0.4, 0.5) is 8.78 Å². The molecule has 0 fully saturated rings. The normalized spacial score (nSPS) is 11.7. The first-order valence-electron chi connectivity index (χ1n) is 9.82. The van der Waals surface area contributed by atoms with Crippen molar-refractivity contribution in [2.24, 2.45) is 7.05 Å². The number of rotatable bonds is 5. The fraction of sp³-hybridized carbons (Fsp3) is 0.167. The van der Waals surface area contributed by atoms with Crippen molar-refractivity contribution in [2.75, 3.05) is 0 Å². The molecule has 33 heavy (non-hydrogen) atoms. The van der Waals surface area contributed by atoms with Crippen LogP contribution in [0, 0.1) is 11.6 Å². The Labute approximate surface area is 190 Å². The third-order valence-corrected chi connectivity index (χ3v) is 6.27. The van der Waals surface area contributed by atoms with Gasteiger partial charge in [-0.1, -0.05) is 6.07 Å². The van der Waals surface area contributed by atoms with Crippen LogP contribution < -0.4 is 10.3 Å². The highest BCUT2D eigenvalue weighted by Crippen LogP contribution is 2.41. The van der Waals surface area contributed by atoms with E-state index in [0.717, 1.165) is 23.5 Å². The van der Waals surface area contributed by atoms with Crippen LogP contribution in [0.25, 0.3) is 21.2 Å². The number of aromatic nitrogens is 1. The molecule has 0 bridgehead atoms. The van der Waals surface area contributed by atoms with Crippen molar-refractivity contribution < 1.29 is 28.5 Å². The lowest BCUT2D eigenvalue weighted by Gasteiger charge is -2.21. The Morgan fingerprint density at radius 2 is 1.76 bits per heavy atom. The number of aryl methyl sites for hydroxylation is 1. The number of fused-ring (bicyclic) bond motifs is 1. The average Bonchev–Trinajstić information content (AvgIpc) is 3.18. The van der Waals surface area contributed by atoms with Gasteiger partial charge in [0.05, 0.1) is 5.60 Å². The topological polar surface area (TPSA) is 88.8 Å². The number of benzene rings is 2. The van der Waals surface area contributed by atoms with E-state index in [1.165, 1.54) is 29.9 Å². The highest BCUT2D eigenvalue weighted by Gasteiger charge is 2.23. The third-order valence-electron chi connectivity index (χ3n) is 5.16. The van der Waals surface area contributed by atoms with Crippen molar-refractivity contribution in [1.82, 2.24) is 4.57 Å². The molecule has 0 radical (unpaired) electrons. The SMILES string of the molecule is Cn1cc(-c2cc(C(C)(C)O)ccc2Oc2ccc(F)cc2F)c2cc(C(=O)O)sc2c1=O.